The Balaban J connectivity index is 1.61. The quantitative estimate of drug-likeness (QED) is 0.711. The van der Waals surface area contributed by atoms with Crippen LogP contribution in [0.4, 0.5) is 5.69 Å². The van der Waals surface area contributed by atoms with Crippen molar-refractivity contribution in [3.8, 4) is 6.07 Å². The van der Waals surface area contributed by atoms with Crippen molar-refractivity contribution >= 4 is 23.5 Å². The summed E-state index contributed by atoms with van der Waals surface area (Å²) in [6.45, 7) is 1.13. The predicted octanol–water partition coefficient (Wildman–Crippen LogP) is 2.50. The average Bonchev–Trinajstić information content (AvgIpc) is 3.41. The number of para-hydroxylation sites is 1. The summed E-state index contributed by atoms with van der Waals surface area (Å²) in [6, 6.07) is 11.4. The molecule has 1 atom stereocenters. The van der Waals surface area contributed by atoms with Gasteiger partial charge in [0.25, 0.3) is 11.8 Å². The van der Waals surface area contributed by atoms with E-state index < -0.39 is 29.9 Å². The molecule has 28 heavy (non-hydrogen) atoms. The van der Waals surface area contributed by atoms with Crippen molar-refractivity contribution in [2.75, 3.05) is 11.9 Å². The molecule has 8 nitrogen and oxygen atoms in total. The molecule has 1 fully saturated rings. The Labute approximate surface area is 161 Å². The number of benzene rings is 1. The number of nitriles is 1. The van der Waals surface area contributed by atoms with Crippen LogP contribution in [0.25, 0.3) is 0 Å². The van der Waals surface area contributed by atoms with Gasteiger partial charge in [0.1, 0.15) is 5.54 Å². The summed E-state index contributed by atoms with van der Waals surface area (Å²) in [7, 11) is 0. The van der Waals surface area contributed by atoms with Crippen LogP contribution in [0.3, 0.4) is 0 Å². The van der Waals surface area contributed by atoms with Crippen molar-refractivity contribution in [1.82, 2.24) is 5.32 Å². The topological polar surface area (TPSA) is 121 Å². The lowest BCUT2D eigenvalue weighted by Gasteiger charge is -2.22. The van der Waals surface area contributed by atoms with Gasteiger partial charge in [-0.25, -0.2) is 4.79 Å². The molecule has 2 amide bonds. The van der Waals surface area contributed by atoms with E-state index in [1.807, 2.05) is 0 Å². The smallest absolute Gasteiger partial charge is 0.340 e. The summed E-state index contributed by atoms with van der Waals surface area (Å²) >= 11 is 0. The average molecular weight is 381 g/mol. The third-order valence-corrected chi connectivity index (χ3v) is 4.50. The fourth-order valence-corrected chi connectivity index (χ4v) is 2.78. The number of anilines is 1. The molecule has 8 heteroatoms. The van der Waals surface area contributed by atoms with E-state index in [0.717, 1.165) is 12.8 Å². The number of nitrogens with zero attached hydrogens (tertiary/aromatic N) is 1. The molecule has 1 aliphatic carbocycles. The highest BCUT2D eigenvalue weighted by molar-refractivity contribution is 6.06. The number of furan rings is 1. The lowest BCUT2D eigenvalue weighted by molar-refractivity contribution is -0.125. The highest BCUT2D eigenvalue weighted by Crippen LogP contribution is 2.39. The van der Waals surface area contributed by atoms with E-state index >= 15 is 0 Å². The number of carbonyl (C=O) groups is 3. The van der Waals surface area contributed by atoms with Gasteiger partial charge in [-0.2, -0.15) is 5.26 Å². The van der Waals surface area contributed by atoms with Gasteiger partial charge in [0, 0.05) is 0 Å². The highest BCUT2D eigenvalue weighted by atomic mass is 16.5. The molecular weight excluding hydrogens is 362 g/mol. The van der Waals surface area contributed by atoms with Gasteiger partial charge in [0.15, 0.2) is 12.4 Å². The van der Waals surface area contributed by atoms with Crippen LogP contribution in [-0.2, 0) is 9.53 Å². The molecule has 1 aromatic carbocycles. The van der Waals surface area contributed by atoms with E-state index in [0.29, 0.717) is 0 Å². The van der Waals surface area contributed by atoms with E-state index in [4.69, 9.17) is 9.15 Å². The zero-order chi connectivity index (χ0) is 20.1. The summed E-state index contributed by atoms with van der Waals surface area (Å²) in [5.41, 5.74) is -0.632. The minimum absolute atomic E-state index is 0.0958. The molecule has 0 spiro atoms. The lowest BCUT2D eigenvalue weighted by atomic mass is 9.98. The molecular formula is C20H19N3O5. The first kappa shape index (κ1) is 19.2. The number of rotatable bonds is 7. The molecule has 0 bridgehead atoms. The molecule has 1 heterocycles. The molecule has 144 valence electrons. The predicted molar refractivity (Wildman–Crippen MR) is 98.3 cm³/mol. The number of hydrogen-bond acceptors (Lipinski definition) is 6. The summed E-state index contributed by atoms with van der Waals surface area (Å²) in [5, 5.41) is 14.5. The maximum absolute atomic E-state index is 12.4. The molecule has 1 aliphatic rings. The number of carbonyl (C=O) groups excluding carboxylic acids is 3. The molecule has 2 N–H and O–H groups in total. The van der Waals surface area contributed by atoms with Crippen LogP contribution in [0.15, 0.2) is 47.1 Å². The largest absolute Gasteiger partial charge is 0.459 e. The fraction of sp³-hybridized carbons (Fsp3) is 0.300. The van der Waals surface area contributed by atoms with E-state index in [-0.39, 0.29) is 22.9 Å². The minimum Gasteiger partial charge on any atom is -0.459 e. The highest BCUT2D eigenvalue weighted by Gasteiger charge is 2.43. The number of esters is 1. The Morgan fingerprint density at radius 1 is 1.25 bits per heavy atom. The molecule has 0 saturated heterocycles. The molecule has 0 aliphatic heterocycles. The first-order valence-corrected chi connectivity index (χ1v) is 8.76. The van der Waals surface area contributed by atoms with Gasteiger partial charge >= 0.3 is 5.97 Å². The van der Waals surface area contributed by atoms with Crippen molar-refractivity contribution in [3.63, 3.8) is 0 Å². The minimum atomic E-state index is -0.960. The Kier molecular flexibility index (Phi) is 5.45. The lowest BCUT2D eigenvalue weighted by Crippen LogP contribution is -2.48. The van der Waals surface area contributed by atoms with Gasteiger partial charge in [-0.15, -0.1) is 0 Å². The van der Waals surface area contributed by atoms with Crippen LogP contribution in [0.1, 0.15) is 40.7 Å². The van der Waals surface area contributed by atoms with Crippen LogP contribution < -0.4 is 10.6 Å². The van der Waals surface area contributed by atoms with Gasteiger partial charge in [0.05, 0.1) is 23.6 Å². The normalized spacial score (nSPS) is 15.0. The zero-order valence-corrected chi connectivity index (χ0v) is 15.2. The standard InChI is InChI=1S/C20H19N3O5/c1-20(12-21,13-8-9-13)23-17(24)11-28-19(26)14-5-2-3-6-15(14)22-18(25)16-7-4-10-27-16/h2-7,10,13H,8-9,11H2,1H3,(H,22,25)(H,23,24)/t20-/m0/s1. The second-order valence-corrected chi connectivity index (χ2v) is 6.69. The van der Waals surface area contributed by atoms with Crippen molar-refractivity contribution in [2.45, 2.75) is 25.3 Å². The van der Waals surface area contributed by atoms with Crippen LogP contribution in [0.5, 0.6) is 0 Å². The first-order chi connectivity index (χ1) is 13.4. The Hall–Kier alpha value is -3.60. The number of hydrogen-bond donors (Lipinski definition) is 2. The van der Waals surface area contributed by atoms with E-state index in [1.165, 1.54) is 24.5 Å². The summed E-state index contributed by atoms with van der Waals surface area (Å²) < 4.78 is 10.1. The van der Waals surface area contributed by atoms with Crippen molar-refractivity contribution in [2.24, 2.45) is 5.92 Å². The molecule has 3 rings (SSSR count). The van der Waals surface area contributed by atoms with Gasteiger partial charge in [-0.1, -0.05) is 12.1 Å². The SMILES string of the molecule is C[C@@](C#N)(NC(=O)COC(=O)c1ccccc1NC(=O)c1ccco1)C1CC1. The van der Waals surface area contributed by atoms with Gasteiger partial charge in [-0.05, 0) is 49.9 Å². The van der Waals surface area contributed by atoms with Crippen LogP contribution in [0.2, 0.25) is 0 Å². The second-order valence-electron chi connectivity index (χ2n) is 6.69. The first-order valence-electron chi connectivity index (χ1n) is 8.76. The Morgan fingerprint density at radius 3 is 2.64 bits per heavy atom. The van der Waals surface area contributed by atoms with Crippen molar-refractivity contribution in [3.05, 3.63) is 54.0 Å². The number of ether oxygens (including phenoxy) is 1. The Morgan fingerprint density at radius 2 is 2.00 bits per heavy atom. The fourth-order valence-electron chi connectivity index (χ4n) is 2.78. The van der Waals surface area contributed by atoms with Crippen molar-refractivity contribution in [1.29, 1.82) is 5.26 Å². The van der Waals surface area contributed by atoms with Crippen molar-refractivity contribution < 1.29 is 23.5 Å². The van der Waals surface area contributed by atoms with Crippen LogP contribution in [0, 0.1) is 17.2 Å². The van der Waals surface area contributed by atoms with E-state index in [2.05, 4.69) is 16.7 Å². The second kappa shape index (κ2) is 7.96. The number of nitrogens with one attached hydrogen (secondary N) is 2. The monoisotopic (exact) mass is 381 g/mol. The summed E-state index contributed by atoms with van der Waals surface area (Å²) in [4.78, 5) is 36.6. The zero-order valence-electron chi connectivity index (χ0n) is 15.2. The molecule has 1 aromatic heterocycles. The van der Waals surface area contributed by atoms with Gasteiger partial charge < -0.3 is 19.8 Å². The van der Waals surface area contributed by atoms with Crippen LogP contribution >= 0.6 is 0 Å². The van der Waals surface area contributed by atoms with Gasteiger partial charge in [0.2, 0.25) is 0 Å². The third-order valence-electron chi connectivity index (χ3n) is 4.50. The maximum atomic E-state index is 12.4. The summed E-state index contributed by atoms with van der Waals surface area (Å²) in [6.07, 6.45) is 3.13. The van der Waals surface area contributed by atoms with Crippen LogP contribution in [-0.4, -0.2) is 29.9 Å². The summed E-state index contributed by atoms with van der Waals surface area (Å²) in [5.74, 6) is -1.62. The Bertz CT molecular complexity index is 928. The maximum Gasteiger partial charge on any atom is 0.340 e. The third kappa shape index (κ3) is 4.38. The van der Waals surface area contributed by atoms with E-state index in [1.54, 1.807) is 25.1 Å². The van der Waals surface area contributed by atoms with E-state index in [9.17, 15) is 19.6 Å². The van der Waals surface area contributed by atoms with Gasteiger partial charge in [-0.3, -0.25) is 9.59 Å². The number of amides is 2. The molecule has 0 unspecified atom stereocenters. The molecule has 2 aromatic rings. The molecule has 1 saturated carbocycles. The molecule has 0 radical (unpaired) electrons.